The van der Waals surface area contributed by atoms with Gasteiger partial charge in [0.1, 0.15) is 6.04 Å². The third-order valence-corrected chi connectivity index (χ3v) is 4.37. The van der Waals surface area contributed by atoms with E-state index in [4.69, 9.17) is 5.11 Å². The fourth-order valence-electron chi connectivity index (χ4n) is 2.18. The minimum Gasteiger partial charge on any atom is -0.480 e. The second kappa shape index (κ2) is 7.51. The van der Waals surface area contributed by atoms with E-state index in [0.29, 0.717) is 11.7 Å². The number of carboxylic acids is 1. The van der Waals surface area contributed by atoms with Gasteiger partial charge in [-0.2, -0.15) is 11.8 Å². The van der Waals surface area contributed by atoms with Crippen molar-refractivity contribution in [2.24, 2.45) is 0 Å². The van der Waals surface area contributed by atoms with E-state index < -0.39 is 12.0 Å². The van der Waals surface area contributed by atoms with Gasteiger partial charge < -0.3 is 15.7 Å². The lowest BCUT2D eigenvalue weighted by Crippen LogP contribution is -2.48. The zero-order valence-corrected chi connectivity index (χ0v) is 11.8. The minimum atomic E-state index is -0.988. The van der Waals surface area contributed by atoms with Crippen molar-refractivity contribution in [3.63, 3.8) is 0 Å². The monoisotopic (exact) mass is 274 g/mol. The van der Waals surface area contributed by atoms with Crippen LogP contribution in [-0.4, -0.2) is 40.2 Å². The average Bonchev–Trinajstić information content (AvgIpc) is 2.73. The molecule has 2 amide bonds. The molecular formula is C12H22N2O3S. The Labute approximate surface area is 112 Å². The Morgan fingerprint density at radius 3 is 2.67 bits per heavy atom. The maximum atomic E-state index is 11.6. The quantitative estimate of drug-likeness (QED) is 0.690. The van der Waals surface area contributed by atoms with E-state index in [1.165, 1.54) is 0 Å². The first-order valence-corrected chi connectivity index (χ1v) is 7.53. The summed E-state index contributed by atoms with van der Waals surface area (Å²) in [5.41, 5.74) is 0. The topological polar surface area (TPSA) is 78.4 Å². The molecule has 0 saturated heterocycles. The summed E-state index contributed by atoms with van der Waals surface area (Å²) in [6, 6.07) is -0.982. The lowest BCUT2D eigenvalue weighted by atomic mass is 10.2. The Balaban J connectivity index is 2.30. The van der Waals surface area contributed by atoms with E-state index in [2.05, 4.69) is 17.6 Å². The number of carbonyl (C=O) groups excluding carboxylic acids is 1. The summed E-state index contributed by atoms with van der Waals surface area (Å²) in [4.78, 5) is 22.4. The maximum Gasteiger partial charge on any atom is 0.326 e. The molecule has 18 heavy (non-hydrogen) atoms. The number of nitrogens with one attached hydrogen (secondary N) is 2. The molecular weight excluding hydrogens is 252 g/mol. The van der Waals surface area contributed by atoms with Crippen LogP contribution in [0, 0.1) is 0 Å². The van der Waals surface area contributed by atoms with Crippen LogP contribution in [0.15, 0.2) is 0 Å². The van der Waals surface area contributed by atoms with Crippen molar-refractivity contribution in [2.75, 3.05) is 5.75 Å². The van der Waals surface area contributed by atoms with Gasteiger partial charge in [-0.25, -0.2) is 9.59 Å². The molecule has 104 valence electrons. The number of carboxylic acid groups (broad SMARTS) is 1. The summed E-state index contributed by atoms with van der Waals surface area (Å²) in [6.45, 7) is 3.87. The van der Waals surface area contributed by atoms with Crippen LogP contribution < -0.4 is 10.6 Å². The zero-order valence-electron chi connectivity index (χ0n) is 10.9. The number of rotatable bonds is 6. The molecule has 1 aliphatic carbocycles. The molecule has 5 nitrogen and oxygen atoms in total. The lowest BCUT2D eigenvalue weighted by molar-refractivity contribution is -0.139. The minimum absolute atomic E-state index is 0.181. The molecule has 1 aliphatic rings. The van der Waals surface area contributed by atoms with Crippen molar-refractivity contribution >= 4 is 23.8 Å². The van der Waals surface area contributed by atoms with Crippen LogP contribution in [0.3, 0.4) is 0 Å². The van der Waals surface area contributed by atoms with Crippen LogP contribution in [0.2, 0.25) is 0 Å². The summed E-state index contributed by atoms with van der Waals surface area (Å²) >= 11 is 1.93. The van der Waals surface area contributed by atoms with Gasteiger partial charge in [-0.3, -0.25) is 0 Å². The van der Waals surface area contributed by atoms with E-state index in [9.17, 15) is 9.59 Å². The summed E-state index contributed by atoms with van der Waals surface area (Å²) in [5, 5.41) is 14.8. The second-order valence-corrected chi connectivity index (χ2v) is 6.08. The predicted octanol–water partition coefficient (Wildman–Crippen LogP) is 1.82. The van der Waals surface area contributed by atoms with Gasteiger partial charge in [0.25, 0.3) is 0 Å². The van der Waals surface area contributed by atoms with Gasteiger partial charge in [0.15, 0.2) is 0 Å². The molecule has 1 rings (SSSR count). The van der Waals surface area contributed by atoms with Crippen LogP contribution in [0.5, 0.6) is 0 Å². The zero-order chi connectivity index (χ0) is 13.5. The largest absolute Gasteiger partial charge is 0.480 e. The maximum absolute atomic E-state index is 11.6. The van der Waals surface area contributed by atoms with E-state index >= 15 is 0 Å². The fraction of sp³-hybridized carbons (Fsp3) is 0.833. The molecule has 0 radical (unpaired) electrons. The Hall–Kier alpha value is -0.910. The van der Waals surface area contributed by atoms with Gasteiger partial charge in [0.05, 0.1) is 0 Å². The van der Waals surface area contributed by atoms with Crippen molar-refractivity contribution < 1.29 is 14.7 Å². The average molecular weight is 274 g/mol. The molecule has 0 heterocycles. The summed E-state index contributed by atoms with van der Waals surface area (Å²) in [7, 11) is 0. The molecule has 0 aromatic carbocycles. The normalized spacial score (nSPS) is 24.6. The number of carbonyl (C=O) groups is 2. The smallest absolute Gasteiger partial charge is 0.326 e. The van der Waals surface area contributed by atoms with Crippen LogP contribution in [0.25, 0.3) is 0 Å². The van der Waals surface area contributed by atoms with Crippen LogP contribution in [0.4, 0.5) is 4.79 Å². The van der Waals surface area contributed by atoms with Gasteiger partial charge in [0.2, 0.25) is 0 Å². The molecule has 0 bridgehead atoms. The second-order valence-electron chi connectivity index (χ2n) is 4.50. The van der Waals surface area contributed by atoms with Gasteiger partial charge in [-0.05, 0) is 31.4 Å². The highest BCUT2D eigenvalue weighted by molar-refractivity contribution is 7.99. The highest BCUT2D eigenvalue weighted by Gasteiger charge is 2.26. The Bertz CT molecular complexity index is 299. The molecule has 3 N–H and O–H groups in total. The number of amides is 2. The van der Waals surface area contributed by atoms with E-state index in [-0.39, 0.29) is 12.1 Å². The van der Waals surface area contributed by atoms with Gasteiger partial charge in [0, 0.05) is 11.3 Å². The third kappa shape index (κ3) is 4.76. The third-order valence-electron chi connectivity index (χ3n) is 3.13. The van der Waals surface area contributed by atoms with Crippen molar-refractivity contribution in [3.8, 4) is 0 Å². The van der Waals surface area contributed by atoms with Gasteiger partial charge in [-0.1, -0.05) is 13.8 Å². The Morgan fingerprint density at radius 1 is 1.39 bits per heavy atom. The first-order valence-electron chi connectivity index (χ1n) is 6.48. The number of aliphatic carboxylic acids is 1. The molecule has 2 unspecified atom stereocenters. The summed E-state index contributed by atoms with van der Waals surface area (Å²) in [6.07, 6.45) is 3.48. The van der Waals surface area contributed by atoms with Crippen molar-refractivity contribution in [3.05, 3.63) is 0 Å². The first kappa shape index (κ1) is 15.1. The van der Waals surface area contributed by atoms with Crippen LogP contribution in [-0.2, 0) is 4.79 Å². The summed E-state index contributed by atoms with van der Waals surface area (Å²) < 4.78 is 0. The van der Waals surface area contributed by atoms with Crippen molar-refractivity contribution in [2.45, 2.75) is 56.9 Å². The Morgan fingerprint density at radius 2 is 2.11 bits per heavy atom. The van der Waals surface area contributed by atoms with E-state index in [1.807, 2.05) is 11.8 Å². The molecule has 0 aromatic rings. The van der Waals surface area contributed by atoms with Crippen LogP contribution in [0.1, 0.15) is 39.5 Å². The van der Waals surface area contributed by atoms with E-state index in [1.54, 1.807) is 6.92 Å². The van der Waals surface area contributed by atoms with E-state index in [0.717, 1.165) is 25.0 Å². The fourth-order valence-corrected chi connectivity index (χ4v) is 3.32. The van der Waals surface area contributed by atoms with Gasteiger partial charge >= 0.3 is 12.0 Å². The molecule has 3 atom stereocenters. The highest BCUT2D eigenvalue weighted by Crippen LogP contribution is 2.29. The standard InChI is InChI=1S/C12H22N2O3S/c1-3-10(11(15)16)14-12(17)13-8-5-6-9(7-8)18-4-2/h8-10H,3-7H2,1-2H3,(H,15,16)(H2,13,14,17)/t8?,9?,10-/m1/s1. The summed E-state index contributed by atoms with van der Waals surface area (Å²) in [5.74, 6) is 0.110. The van der Waals surface area contributed by atoms with Crippen LogP contribution >= 0.6 is 11.8 Å². The molecule has 6 heteroatoms. The highest BCUT2D eigenvalue weighted by atomic mass is 32.2. The Kier molecular flexibility index (Phi) is 6.32. The number of hydrogen-bond acceptors (Lipinski definition) is 3. The molecule has 0 aliphatic heterocycles. The van der Waals surface area contributed by atoms with Crippen molar-refractivity contribution in [1.82, 2.24) is 10.6 Å². The van der Waals surface area contributed by atoms with Crippen molar-refractivity contribution in [1.29, 1.82) is 0 Å². The first-order chi connectivity index (χ1) is 8.56. The van der Waals surface area contributed by atoms with Gasteiger partial charge in [-0.15, -0.1) is 0 Å². The lowest BCUT2D eigenvalue weighted by Gasteiger charge is -2.17. The number of hydrogen-bond donors (Lipinski definition) is 3. The molecule has 1 fully saturated rings. The molecule has 1 saturated carbocycles. The number of urea groups is 1. The molecule has 0 spiro atoms. The SMILES string of the molecule is CCSC1CCC(NC(=O)N[C@H](CC)C(=O)O)C1. The molecule has 0 aromatic heterocycles. The predicted molar refractivity (Wildman–Crippen MR) is 72.9 cm³/mol. The number of thioether (sulfide) groups is 1.